The lowest BCUT2D eigenvalue weighted by Crippen LogP contribution is -2.66. The second kappa shape index (κ2) is 10.8. The molecule has 0 amide bonds. The van der Waals surface area contributed by atoms with Gasteiger partial charge < -0.3 is 9.47 Å². The van der Waals surface area contributed by atoms with Crippen LogP contribution in [0.5, 0.6) is 0 Å². The molecule has 1 aliphatic heterocycles. The summed E-state index contributed by atoms with van der Waals surface area (Å²) in [7, 11) is -15.9. The SMILES string of the molecule is CO[C@@H]1O[C@H](COS(C)(=O)=O)[C@@H](OS(C)(=O)=O)[C@@H](OS(C)(=O)=O)[C@@H]1NS(=O)(=O)c1ccccc1. The lowest BCUT2D eigenvalue weighted by Gasteiger charge is -2.44. The highest BCUT2D eigenvalue weighted by Gasteiger charge is 2.52. The average molecular weight is 568 g/mol. The Balaban J connectivity index is 2.57. The van der Waals surface area contributed by atoms with Crippen molar-refractivity contribution in [1.29, 1.82) is 0 Å². The first-order valence-corrected chi connectivity index (χ1v) is 16.2. The standard InChI is InChI=1S/C16H25NO13S4/c1-26-16-13(17-34(24,25)11-8-6-5-7-9-11)15(30-33(4,22)23)14(29-32(3,20)21)12(28-16)10-27-31(2,18)19/h5-9,12-17H,10H2,1-4H3/t12-,13+,14-,15+,16-/m1/s1. The Kier molecular flexibility index (Phi) is 9.22. The van der Waals surface area contributed by atoms with Gasteiger partial charge in [-0.1, -0.05) is 18.2 Å². The zero-order valence-corrected chi connectivity index (χ0v) is 21.7. The third kappa shape index (κ3) is 8.77. The molecule has 0 saturated carbocycles. The molecular weight excluding hydrogens is 542 g/mol. The monoisotopic (exact) mass is 567 g/mol. The van der Waals surface area contributed by atoms with E-state index >= 15 is 0 Å². The molecule has 5 atom stereocenters. The van der Waals surface area contributed by atoms with E-state index in [9.17, 15) is 33.7 Å². The van der Waals surface area contributed by atoms with Crippen LogP contribution in [0.3, 0.4) is 0 Å². The molecule has 0 aliphatic carbocycles. The van der Waals surface area contributed by atoms with Crippen LogP contribution in [-0.2, 0) is 62.4 Å². The van der Waals surface area contributed by atoms with E-state index in [4.69, 9.17) is 17.8 Å². The Bertz CT molecular complexity index is 1260. The first kappa shape index (κ1) is 29.0. The van der Waals surface area contributed by atoms with Crippen LogP contribution < -0.4 is 4.72 Å². The number of nitrogens with one attached hydrogen (secondary N) is 1. The van der Waals surface area contributed by atoms with Crippen LogP contribution in [0, 0.1) is 0 Å². The molecular formula is C16H25NO13S4. The van der Waals surface area contributed by atoms with Crippen molar-refractivity contribution in [3.8, 4) is 0 Å². The fraction of sp³-hybridized carbons (Fsp3) is 0.625. The molecule has 2 rings (SSSR count). The summed E-state index contributed by atoms with van der Waals surface area (Å²) in [5.74, 6) is 0. The lowest BCUT2D eigenvalue weighted by molar-refractivity contribution is -0.248. The fourth-order valence-corrected chi connectivity index (χ4v) is 5.94. The highest BCUT2D eigenvalue weighted by Crippen LogP contribution is 2.30. The lowest BCUT2D eigenvalue weighted by atomic mass is 9.98. The Morgan fingerprint density at radius 2 is 1.35 bits per heavy atom. The van der Waals surface area contributed by atoms with E-state index in [2.05, 4.69) is 8.91 Å². The van der Waals surface area contributed by atoms with E-state index in [1.165, 1.54) is 24.3 Å². The fourth-order valence-electron chi connectivity index (χ4n) is 3.04. The van der Waals surface area contributed by atoms with Crippen molar-refractivity contribution in [2.45, 2.75) is 35.5 Å². The zero-order chi connectivity index (χ0) is 25.9. The van der Waals surface area contributed by atoms with Gasteiger partial charge in [-0.15, -0.1) is 0 Å². The Hall–Kier alpha value is -1.22. The summed E-state index contributed by atoms with van der Waals surface area (Å²) in [6.45, 7) is -0.819. The van der Waals surface area contributed by atoms with Crippen molar-refractivity contribution < 1.29 is 55.7 Å². The van der Waals surface area contributed by atoms with Crippen LogP contribution in [0.2, 0.25) is 0 Å². The number of hydrogen-bond acceptors (Lipinski definition) is 13. The van der Waals surface area contributed by atoms with E-state index in [0.29, 0.717) is 12.5 Å². The molecule has 1 aliphatic rings. The highest BCUT2D eigenvalue weighted by atomic mass is 32.2. The third-order valence-corrected chi connectivity index (χ3v) is 7.42. The van der Waals surface area contributed by atoms with E-state index in [1.54, 1.807) is 6.07 Å². The van der Waals surface area contributed by atoms with Gasteiger partial charge in [0, 0.05) is 7.11 Å². The number of sulfonamides is 1. The van der Waals surface area contributed by atoms with Crippen LogP contribution in [0.4, 0.5) is 0 Å². The van der Waals surface area contributed by atoms with Gasteiger partial charge in [-0.25, -0.2) is 13.1 Å². The first-order valence-electron chi connectivity index (χ1n) is 9.28. The van der Waals surface area contributed by atoms with Crippen LogP contribution in [0.15, 0.2) is 35.2 Å². The normalized spacial score (nSPS) is 26.9. The molecule has 34 heavy (non-hydrogen) atoms. The van der Waals surface area contributed by atoms with Gasteiger partial charge >= 0.3 is 0 Å². The summed E-state index contributed by atoms with van der Waals surface area (Å²) in [6.07, 6.45) is -4.87. The maximum absolute atomic E-state index is 12.9. The third-order valence-electron chi connectivity index (χ3n) is 4.24. The summed E-state index contributed by atoms with van der Waals surface area (Å²) >= 11 is 0. The topological polar surface area (TPSA) is 195 Å². The zero-order valence-electron chi connectivity index (χ0n) is 18.4. The van der Waals surface area contributed by atoms with Crippen LogP contribution in [-0.4, -0.2) is 96.8 Å². The van der Waals surface area contributed by atoms with Gasteiger partial charge in [0.05, 0.1) is 30.3 Å². The minimum Gasteiger partial charge on any atom is -0.354 e. The quantitative estimate of drug-likeness (QED) is 0.300. The van der Waals surface area contributed by atoms with Gasteiger partial charge in [-0.05, 0) is 12.1 Å². The van der Waals surface area contributed by atoms with Crippen molar-refractivity contribution >= 4 is 40.4 Å². The molecule has 14 nitrogen and oxygen atoms in total. The van der Waals surface area contributed by atoms with Gasteiger partial charge in [0.2, 0.25) is 10.0 Å². The molecule has 0 radical (unpaired) electrons. The molecule has 0 spiro atoms. The molecule has 196 valence electrons. The summed E-state index contributed by atoms with van der Waals surface area (Å²) in [6, 6.07) is 5.31. The van der Waals surface area contributed by atoms with Crippen molar-refractivity contribution in [2.75, 3.05) is 32.5 Å². The number of benzene rings is 1. The highest BCUT2D eigenvalue weighted by molar-refractivity contribution is 7.89. The number of rotatable bonds is 11. The smallest absolute Gasteiger partial charge is 0.264 e. The van der Waals surface area contributed by atoms with Gasteiger partial charge in [-0.2, -0.15) is 25.3 Å². The first-order chi connectivity index (χ1) is 15.4. The van der Waals surface area contributed by atoms with E-state index in [0.717, 1.165) is 13.4 Å². The van der Waals surface area contributed by atoms with Crippen molar-refractivity contribution in [2.24, 2.45) is 0 Å². The summed E-state index contributed by atoms with van der Waals surface area (Å²) < 4.78 is 124. The second-order valence-electron chi connectivity index (χ2n) is 7.26. The Labute approximate surface area is 198 Å². The summed E-state index contributed by atoms with van der Waals surface area (Å²) in [5, 5.41) is 0. The summed E-state index contributed by atoms with van der Waals surface area (Å²) in [5.41, 5.74) is 0. The average Bonchev–Trinajstić information content (AvgIpc) is 2.67. The van der Waals surface area contributed by atoms with Crippen LogP contribution >= 0.6 is 0 Å². The molecule has 0 unspecified atom stereocenters. The van der Waals surface area contributed by atoms with Crippen molar-refractivity contribution in [3.63, 3.8) is 0 Å². The van der Waals surface area contributed by atoms with Gasteiger partial charge in [0.15, 0.2) is 6.29 Å². The van der Waals surface area contributed by atoms with Crippen molar-refractivity contribution in [3.05, 3.63) is 30.3 Å². The van der Waals surface area contributed by atoms with Gasteiger partial charge in [-0.3, -0.25) is 12.5 Å². The minimum atomic E-state index is -4.34. The number of hydrogen-bond donors (Lipinski definition) is 1. The van der Waals surface area contributed by atoms with Crippen molar-refractivity contribution in [1.82, 2.24) is 4.72 Å². The van der Waals surface area contributed by atoms with Gasteiger partial charge in [0.25, 0.3) is 30.4 Å². The van der Waals surface area contributed by atoms with E-state index in [1.807, 2.05) is 0 Å². The van der Waals surface area contributed by atoms with E-state index < -0.39 is 77.6 Å². The minimum absolute atomic E-state index is 0.203. The second-order valence-corrected chi connectivity index (χ2v) is 13.8. The predicted octanol–water partition coefficient (Wildman–Crippen LogP) is -1.63. The molecule has 1 N–H and O–H groups in total. The molecule has 1 heterocycles. The van der Waals surface area contributed by atoms with Crippen LogP contribution in [0.25, 0.3) is 0 Å². The molecule has 1 fully saturated rings. The van der Waals surface area contributed by atoms with E-state index in [-0.39, 0.29) is 4.90 Å². The molecule has 18 heteroatoms. The molecule has 0 aromatic heterocycles. The Morgan fingerprint density at radius 1 is 0.824 bits per heavy atom. The largest absolute Gasteiger partial charge is 0.354 e. The maximum atomic E-state index is 12.9. The maximum Gasteiger partial charge on any atom is 0.264 e. The predicted molar refractivity (Wildman–Crippen MR) is 116 cm³/mol. The van der Waals surface area contributed by atoms with Gasteiger partial charge in [0.1, 0.15) is 24.4 Å². The Morgan fingerprint density at radius 3 is 1.82 bits per heavy atom. The molecule has 1 aromatic rings. The molecule has 0 bridgehead atoms. The number of ether oxygens (including phenoxy) is 2. The summed E-state index contributed by atoms with van der Waals surface area (Å²) in [4.78, 5) is -0.203. The van der Waals surface area contributed by atoms with Crippen LogP contribution in [0.1, 0.15) is 0 Å². The molecule has 1 saturated heterocycles. The number of methoxy groups -OCH3 is 1. The molecule has 1 aromatic carbocycles.